The lowest BCUT2D eigenvalue weighted by Crippen LogP contribution is -2.41. The summed E-state index contributed by atoms with van der Waals surface area (Å²) in [5.41, 5.74) is 0.604. The number of carbonyl (C=O) groups excluding carboxylic acids is 1. The van der Waals surface area contributed by atoms with Crippen molar-refractivity contribution in [2.24, 2.45) is 5.92 Å². The Labute approximate surface area is 112 Å². The molecular weight excluding hydrogens is 244 g/mol. The van der Waals surface area contributed by atoms with Crippen molar-refractivity contribution in [1.29, 1.82) is 0 Å². The lowest BCUT2D eigenvalue weighted by atomic mass is 9.97. The van der Waals surface area contributed by atoms with Gasteiger partial charge in [-0.05, 0) is 31.5 Å². The number of piperidine rings is 1. The highest BCUT2D eigenvalue weighted by molar-refractivity contribution is 6.02. The van der Waals surface area contributed by atoms with E-state index in [4.69, 9.17) is 5.11 Å². The number of nitrogens with zero attached hydrogens (tertiary/aromatic N) is 1. The van der Waals surface area contributed by atoms with Crippen LogP contribution in [0.1, 0.15) is 23.2 Å². The van der Waals surface area contributed by atoms with Crippen LogP contribution < -0.4 is 10.2 Å². The highest BCUT2D eigenvalue weighted by atomic mass is 16.4. The monoisotopic (exact) mass is 262 g/mol. The molecule has 5 heteroatoms. The van der Waals surface area contributed by atoms with E-state index in [0.29, 0.717) is 12.2 Å². The Hall–Kier alpha value is -1.88. The molecule has 19 heavy (non-hydrogen) atoms. The maximum absolute atomic E-state index is 12.4. The van der Waals surface area contributed by atoms with Gasteiger partial charge in [0.2, 0.25) is 5.91 Å². The smallest absolute Gasteiger partial charge is 0.337 e. The third kappa shape index (κ3) is 2.93. The third-order valence-corrected chi connectivity index (χ3v) is 3.47. The van der Waals surface area contributed by atoms with E-state index < -0.39 is 5.97 Å². The molecule has 1 aromatic carbocycles. The molecule has 5 nitrogen and oxygen atoms in total. The summed E-state index contributed by atoms with van der Waals surface area (Å²) in [5.74, 6) is -1.11. The fourth-order valence-electron chi connectivity index (χ4n) is 2.40. The van der Waals surface area contributed by atoms with Crippen LogP contribution in [0.5, 0.6) is 0 Å². The normalized spacial score (nSPS) is 18.9. The van der Waals surface area contributed by atoms with Crippen molar-refractivity contribution in [1.82, 2.24) is 5.32 Å². The summed E-state index contributed by atoms with van der Waals surface area (Å²) in [6.45, 7) is 1.61. The average Bonchev–Trinajstić information content (AvgIpc) is 2.46. The van der Waals surface area contributed by atoms with E-state index >= 15 is 0 Å². The van der Waals surface area contributed by atoms with Gasteiger partial charge in [0.05, 0.1) is 17.2 Å². The first-order chi connectivity index (χ1) is 9.11. The van der Waals surface area contributed by atoms with Crippen LogP contribution in [-0.4, -0.2) is 37.1 Å². The molecule has 2 N–H and O–H groups in total. The summed E-state index contributed by atoms with van der Waals surface area (Å²) in [5, 5.41) is 12.4. The SMILES string of the molecule is CN(C(=O)[C@H]1CCCNC1)c1ccccc1C(=O)O. The molecule has 0 bridgehead atoms. The summed E-state index contributed by atoms with van der Waals surface area (Å²) in [6.07, 6.45) is 1.83. The number of amides is 1. The van der Waals surface area contributed by atoms with Gasteiger partial charge >= 0.3 is 5.97 Å². The van der Waals surface area contributed by atoms with E-state index in [1.54, 1.807) is 25.2 Å². The molecule has 1 atom stereocenters. The molecule has 2 rings (SSSR count). The molecule has 1 aromatic rings. The Bertz CT molecular complexity index is 481. The summed E-state index contributed by atoms with van der Waals surface area (Å²) >= 11 is 0. The van der Waals surface area contributed by atoms with Gasteiger partial charge in [0.15, 0.2) is 0 Å². The van der Waals surface area contributed by atoms with E-state index in [9.17, 15) is 9.59 Å². The van der Waals surface area contributed by atoms with Crippen molar-refractivity contribution in [2.75, 3.05) is 25.0 Å². The van der Waals surface area contributed by atoms with Crippen LogP contribution >= 0.6 is 0 Å². The minimum absolute atomic E-state index is 0.0269. The first kappa shape index (κ1) is 13.5. The van der Waals surface area contributed by atoms with Crippen LogP contribution in [0.4, 0.5) is 5.69 Å². The van der Waals surface area contributed by atoms with Crippen molar-refractivity contribution >= 4 is 17.6 Å². The zero-order chi connectivity index (χ0) is 13.8. The number of hydrogen-bond donors (Lipinski definition) is 2. The number of hydrogen-bond acceptors (Lipinski definition) is 3. The van der Waals surface area contributed by atoms with Gasteiger partial charge in [-0.25, -0.2) is 4.79 Å². The molecule has 0 saturated carbocycles. The van der Waals surface area contributed by atoms with E-state index in [-0.39, 0.29) is 17.4 Å². The summed E-state index contributed by atoms with van der Waals surface area (Å²) < 4.78 is 0. The molecule has 1 saturated heterocycles. The number of carboxylic acids is 1. The second-order valence-corrected chi connectivity index (χ2v) is 4.76. The molecule has 102 valence electrons. The molecule has 0 aromatic heterocycles. The highest BCUT2D eigenvalue weighted by Gasteiger charge is 2.26. The Morgan fingerprint density at radius 1 is 1.37 bits per heavy atom. The largest absolute Gasteiger partial charge is 0.478 e. The molecule has 0 aliphatic carbocycles. The van der Waals surface area contributed by atoms with Gasteiger partial charge in [0, 0.05) is 13.6 Å². The molecule has 0 spiro atoms. The molecule has 1 heterocycles. The number of aromatic carboxylic acids is 1. The van der Waals surface area contributed by atoms with Crippen LogP contribution in [0.25, 0.3) is 0 Å². The number of nitrogens with one attached hydrogen (secondary N) is 1. The fraction of sp³-hybridized carbons (Fsp3) is 0.429. The zero-order valence-electron chi connectivity index (χ0n) is 10.9. The minimum atomic E-state index is -1.02. The quantitative estimate of drug-likeness (QED) is 0.862. The second-order valence-electron chi connectivity index (χ2n) is 4.76. The standard InChI is InChI=1S/C14H18N2O3/c1-16(13(17)10-5-4-8-15-9-10)12-7-3-2-6-11(12)14(18)19/h2-3,6-7,10,15H,4-5,8-9H2,1H3,(H,18,19)/t10-/m0/s1. The van der Waals surface area contributed by atoms with Gasteiger partial charge in [0.25, 0.3) is 0 Å². The van der Waals surface area contributed by atoms with Crippen LogP contribution in [-0.2, 0) is 4.79 Å². The molecule has 1 amide bonds. The predicted octanol–water partition coefficient (Wildman–Crippen LogP) is 1.35. The first-order valence-corrected chi connectivity index (χ1v) is 6.42. The maximum Gasteiger partial charge on any atom is 0.337 e. The van der Waals surface area contributed by atoms with E-state index in [1.165, 1.54) is 11.0 Å². The lowest BCUT2D eigenvalue weighted by molar-refractivity contribution is -0.122. The fourth-order valence-corrected chi connectivity index (χ4v) is 2.40. The van der Waals surface area contributed by atoms with Gasteiger partial charge < -0.3 is 15.3 Å². The van der Waals surface area contributed by atoms with Gasteiger partial charge in [-0.3, -0.25) is 4.79 Å². The summed E-state index contributed by atoms with van der Waals surface area (Å²) in [6, 6.07) is 6.58. The average molecular weight is 262 g/mol. The number of benzene rings is 1. The molecule has 1 fully saturated rings. The highest BCUT2D eigenvalue weighted by Crippen LogP contribution is 2.22. The van der Waals surface area contributed by atoms with Gasteiger partial charge in [0.1, 0.15) is 0 Å². The van der Waals surface area contributed by atoms with Crippen LogP contribution in [0.2, 0.25) is 0 Å². The molecular formula is C14H18N2O3. The predicted molar refractivity (Wildman–Crippen MR) is 72.4 cm³/mol. The molecule has 1 aliphatic rings. The minimum Gasteiger partial charge on any atom is -0.478 e. The van der Waals surface area contributed by atoms with E-state index in [0.717, 1.165) is 19.4 Å². The summed E-state index contributed by atoms with van der Waals surface area (Å²) in [4.78, 5) is 25.0. The van der Waals surface area contributed by atoms with Gasteiger partial charge in [-0.1, -0.05) is 12.1 Å². The lowest BCUT2D eigenvalue weighted by Gasteiger charge is -2.27. The second kappa shape index (κ2) is 5.84. The Morgan fingerprint density at radius 3 is 2.74 bits per heavy atom. The molecule has 0 unspecified atom stereocenters. The Morgan fingerprint density at radius 2 is 2.11 bits per heavy atom. The number of carbonyl (C=O) groups is 2. The molecule has 1 aliphatic heterocycles. The van der Waals surface area contributed by atoms with Gasteiger partial charge in [-0.2, -0.15) is 0 Å². The number of para-hydroxylation sites is 1. The third-order valence-electron chi connectivity index (χ3n) is 3.47. The van der Waals surface area contributed by atoms with Crippen molar-refractivity contribution in [3.8, 4) is 0 Å². The van der Waals surface area contributed by atoms with E-state index in [2.05, 4.69) is 5.32 Å². The molecule has 0 radical (unpaired) electrons. The van der Waals surface area contributed by atoms with Crippen molar-refractivity contribution in [2.45, 2.75) is 12.8 Å². The Balaban J connectivity index is 2.21. The van der Waals surface area contributed by atoms with E-state index in [1.807, 2.05) is 0 Å². The maximum atomic E-state index is 12.4. The topological polar surface area (TPSA) is 69.6 Å². The van der Waals surface area contributed by atoms with Crippen LogP contribution in [0.3, 0.4) is 0 Å². The van der Waals surface area contributed by atoms with Crippen LogP contribution in [0.15, 0.2) is 24.3 Å². The first-order valence-electron chi connectivity index (χ1n) is 6.42. The Kier molecular flexibility index (Phi) is 4.16. The van der Waals surface area contributed by atoms with Gasteiger partial charge in [-0.15, -0.1) is 0 Å². The van der Waals surface area contributed by atoms with Crippen molar-refractivity contribution in [3.63, 3.8) is 0 Å². The number of carboxylic acid groups (broad SMARTS) is 1. The number of anilines is 1. The van der Waals surface area contributed by atoms with Crippen molar-refractivity contribution in [3.05, 3.63) is 29.8 Å². The van der Waals surface area contributed by atoms with Crippen molar-refractivity contribution < 1.29 is 14.7 Å². The summed E-state index contributed by atoms with van der Waals surface area (Å²) in [7, 11) is 1.64. The number of rotatable bonds is 3. The zero-order valence-corrected chi connectivity index (χ0v) is 10.9. The van der Waals surface area contributed by atoms with Crippen LogP contribution in [0, 0.1) is 5.92 Å².